The van der Waals surface area contributed by atoms with E-state index in [4.69, 9.17) is 0 Å². The van der Waals surface area contributed by atoms with Crippen molar-refractivity contribution in [1.29, 1.82) is 0 Å². The molecule has 116 valence electrons. The Morgan fingerprint density at radius 2 is 2.00 bits per heavy atom. The van der Waals surface area contributed by atoms with Gasteiger partial charge in [0, 0.05) is 53.5 Å². The standard InChI is InChI=1S/C17H15BrN4O/c18-15-5-3-13(4-6-15)17(23)21-9-11-22-10-8-20-16(22)14-2-1-7-19-12-14/h1-8,10,12H,9,11H2,(H,21,23). The Kier molecular flexibility index (Phi) is 4.83. The fraction of sp³-hybridized carbons (Fsp3) is 0.118. The van der Waals surface area contributed by atoms with Crippen molar-refractivity contribution in [3.05, 3.63) is 71.2 Å². The summed E-state index contributed by atoms with van der Waals surface area (Å²) in [5.74, 6) is 0.761. The number of hydrogen-bond acceptors (Lipinski definition) is 3. The lowest BCUT2D eigenvalue weighted by Crippen LogP contribution is -2.27. The van der Waals surface area contributed by atoms with Gasteiger partial charge in [-0.15, -0.1) is 0 Å². The molecule has 2 aromatic heterocycles. The summed E-state index contributed by atoms with van der Waals surface area (Å²) in [4.78, 5) is 20.5. The maximum absolute atomic E-state index is 12.1. The minimum absolute atomic E-state index is 0.0828. The normalized spacial score (nSPS) is 10.5. The summed E-state index contributed by atoms with van der Waals surface area (Å²) in [5.41, 5.74) is 1.60. The zero-order chi connectivity index (χ0) is 16.1. The second kappa shape index (κ2) is 7.19. The number of pyridine rings is 1. The van der Waals surface area contributed by atoms with Gasteiger partial charge in [0.05, 0.1) is 0 Å². The highest BCUT2D eigenvalue weighted by atomic mass is 79.9. The van der Waals surface area contributed by atoms with Crippen LogP contribution in [0.4, 0.5) is 0 Å². The number of nitrogens with one attached hydrogen (secondary N) is 1. The molecule has 0 aliphatic heterocycles. The fourth-order valence-corrected chi connectivity index (χ4v) is 2.50. The van der Waals surface area contributed by atoms with Crippen LogP contribution in [0.1, 0.15) is 10.4 Å². The molecule has 0 radical (unpaired) electrons. The molecule has 0 unspecified atom stereocenters. The SMILES string of the molecule is O=C(NCCn1ccnc1-c1cccnc1)c1ccc(Br)cc1. The molecule has 0 bridgehead atoms. The first kappa shape index (κ1) is 15.4. The van der Waals surface area contributed by atoms with Crippen molar-refractivity contribution in [2.75, 3.05) is 6.54 Å². The third kappa shape index (κ3) is 3.84. The van der Waals surface area contributed by atoms with Crippen molar-refractivity contribution in [3.8, 4) is 11.4 Å². The van der Waals surface area contributed by atoms with E-state index in [2.05, 4.69) is 31.2 Å². The molecule has 1 N–H and O–H groups in total. The van der Waals surface area contributed by atoms with Gasteiger partial charge in [-0.1, -0.05) is 15.9 Å². The van der Waals surface area contributed by atoms with Gasteiger partial charge in [0.15, 0.2) is 0 Å². The summed E-state index contributed by atoms with van der Waals surface area (Å²) in [6, 6.07) is 11.1. The second-order valence-electron chi connectivity index (χ2n) is 4.95. The van der Waals surface area contributed by atoms with Crippen molar-refractivity contribution >= 4 is 21.8 Å². The van der Waals surface area contributed by atoms with E-state index in [-0.39, 0.29) is 5.91 Å². The lowest BCUT2D eigenvalue weighted by Gasteiger charge is -2.09. The second-order valence-corrected chi connectivity index (χ2v) is 5.86. The third-order valence-corrected chi connectivity index (χ3v) is 3.91. The van der Waals surface area contributed by atoms with Gasteiger partial charge in [-0.25, -0.2) is 4.98 Å². The van der Waals surface area contributed by atoms with E-state index >= 15 is 0 Å². The molecule has 0 saturated heterocycles. The molecule has 0 aliphatic rings. The molecule has 6 heteroatoms. The molecular weight excluding hydrogens is 356 g/mol. The van der Waals surface area contributed by atoms with Crippen LogP contribution >= 0.6 is 15.9 Å². The Morgan fingerprint density at radius 3 is 2.74 bits per heavy atom. The van der Waals surface area contributed by atoms with Crippen LogP contribution in [0, 0.1) is 0 Å². The largest absolute Gasteiger partial charge is 0.350 e. The Bertz CT molecular complexity index is 784. The molecule has 0 spiro atoms. The maximum atomic E-state index is 12.1. The number of carbonyl (C=O) groups excluding carboxylic acids is 1. The highest BCUT2D eigenvalue weighted by Crippen LogP contribution is 2.15. The quantitative estimate of drug-likeness (QED) is 0.750. The molecule has 2 heterocycles. The van der Waals surface area contributed by atoms with E-state index in [1.165, 1.54) is 0 Å². The summed E-state index contributed by atoms with van der Waals surface area (Å²) in [5, 5.41) is 2.92. The number of halogens is 1. The maximum Gasteiger partial charge on any atom is 0.251 e. The highest BCUT2D eigenvalue weighted by molar-refractivity contribution is 9.10. The number of benzene rings is 1. The molecule has 5 nitrogen and oxygen atoms in total. The Labute approximate surface area is 142 Å². The van der Waals surface area contributed by atoms with Crippen LogP contribution in [-0.4, -0.2) is 27.0 Å². The summed E-state index contributed by atoms with van der Waals surface area (Å²) >= 11 is 3.36. The fourth-order valence-electron chi connectivity index (χ4n) is 2.24. The average molecular weight is 371 g/mol. The Balaban J connectivity index is 1.60. The molecule has 1 aromatic carbocycles. The van der Waals surface area contributed by atoms with Crippen LogP contribution in [0.3, 0.4) is 0 Å². The van der Waals surface area contributed by atoms with Crippen LogP contribution in [0.25, 0.3) is 11.4 Å². The van der Waals surface area contributed by atoms with Crippen LogP contribution in [0.15, 0.2) is 65.7 Å². The number of rotatable bonds is 5. The molecular formula is C17H15BrN4O. The molecule has 23 heavy (non-hydrogen) atoms. The van der Waals surface area contributed by atoms with Crippen molar-refractivity contribution in [2.45, 2.75) is 6.54 Å². The number of imidazole rings is 1. The van der Waals surface area contributed by atoms with E-state index in [9.17, 15) is 4.79 Å². The molecule has 0 saturated carbocycles. The molecule has 1 amide bonds. The van der Waals surface area contributed by atoms with Gasteiger partial charge in [-0.2, -0.15) is 0 Å². The van der Waals surface area contributed by atoms with Gasteiger partial charge in [-0.3, -0.25) is 9.78 Å². The van der Waals surface area contributed by atoms with Gasteiger partial charge in [0.25, 0.3) is 5.91 Å². The van der Waals surface area contributed by atoms with E-state index in [0.29, 0.717) is 18.7 Å². The lowest BCUT2D eigenvalue weighted by molar-refractivity contribution is 0.0952. The molecule has 0 atom stereocenters. The number of amides is 1. The number of aromatic nitrogens is 3. The Morgan fingerprint density at radius 1 is 1.17 bits per heavy atom. The number of nitrogens with zero attached hydrogens (tertiary/aromatic N) is 3. The Hall–Kier alpha value is -2.47. The molecule has 3 rings (SSSR count). The minimum Gasteiger partial charge on any atom is -0.350 e. The zero-order valence-corrected chi connectivity index (χ0v) is 13.9. The van der Waals surface area contributed by atoms with Crippen LogP contribution < -0.4 is 5.32 Å². The van der Waals surface area contributed by atoms with E-state index < -0.39 is 0 Å². The molecule has 0 fully saturated rings. The van der Waals surface area contributed by atoms with Crippen molar-refractivity contribution < 1.29 is 4.79 Å². The predicted molar refractivity (Wildman–Crippen MR) is 91.9 cm³/mol. The van der Waals surface area contributed by atoms with Crippen molar-refractivity contribution in [2.24, 2.45) is 0 Å². The summed E-state index contributed by atoms with van der Waals surface area (Å²) in [7, 11) is 0. The lowest BCUT2D eigenvalue weighted by atomic mass is 10.2. The molecule has 3 aromatic rings. The first-order chi connectivity index (χ1) is 11.2. The number of hydrogen-bond donors (Lipinski definition) is 1. The van der Waals surface area contributed by atoms with Gasteiger partial charge in [0.2, 0.25) is 0 Å². The van der Waals surface area contributed by atoms with E-state index in [1.54, 1.807) is 30.7 Å². The summed E-state index contributed by atoms with van der Waals surface area (Å²) in [6.45, 7) is 1.17. The van der Waals surface area contributed by atoms with Gasteiger partial charge in [-0.05, 0) is 36.4 Å². The van der Waals surface area contributed by atoms with Crippen molar-refractivity contribution in [1.82, 2.24) is 19.9 Å². The van der Waals surface area contributed by atoms with E-state index in [1.807, 2.05) is 35.0 Å². The first-order valence-corrected chi connectivity index (χ1v) is 7.98. The van der Waals surface area contributed by atoms with Gasteiger partial charge < -0.3 is 9.88 Å². The van der Waals surface area contributed by atoms with Crippen LogP contribution in [0.5, 0.6) is 0 Å². The predicted octanol–water partition coefficient (Wildman–Crippen LogP) is 3.14. The summed E-state index contributed by atoms with van der Waals surface area (Å²) < 4.78 is 2.95. The number of carbonyl (C=O) groups is 1. The monoisotopic (exact) mass is 370 g/mol. The zero-order valence-electron chi connectivity index (χ0n) is 12.3. The average Bonchev–Trinajstić information content (AvgIpc) is 3.05. The third-order valence-electron chi connectivity index (χ3n) is 3.38. The van der Waals surface area contributed by atoms with Crippen LogP contribution in [-0.2, 0) is 6.54 Å². The highest BCUT2D eigenvalue weighted by Gasteiger charge is 2.07. The van der Waals surface area contributed by atoms with Gasteiger partial charge in [0.1, 0.15) is 5.82 Å². The topological polar surface area (TPSA) is 59.8 Å². The first-order valence-electron chi connectivity index (χ1n) is 7.19. The molecule has 0 aliphatic carbocycles. The minimum atomic E-state index is -0.0828. The van der Waals surface area contributed by atoms with E-state index in [0.717, 1.165) is 15.9 Å². The summed E-state index contributed by atoms with van der Waals surface area (Å²) in [6.07, 6.45) is 7.15. The van der Waals surface area contributed by atoms with Gasteiger partial charge >= 0.3 is 0 Å². The smallest absolute Gasteiger partial charge is 0.251 e. The van der Waals surface area contributed by atoms with Crippen LogP contribution in [0.2, 0.25) is 0 Å². The van der Waals surface area contributed by atoms with Crippen molar-refractivity contribution in [3.63, 3.8) is 0 Å².